The van der Waals surface area contributed by atoms with Crippen LogP contribution in [0.5, 0.6) is 0 Å². The van der Waals surface area contributed by atoms with Gasteiger partial charge >= 0.3 is 0 Å². The van der Waals surface area contributed by atoms with Crippen LogP contribution in [0, 0.1) is 6.92 Å². The highest BCUT2D eigenvalue weighted by molar-refractivity contribution is 5.22. The lowest BCUT2D eigenvalue weighted by Crippen LogP contribution is -2.33. The maximum atomic E-state index is 5.63. The third kappa shape index (κ3) is 4.09. The standard InChI is InChI=1S/C15H25N3/c1-14-4-2-5-15(12-14)13-18-8-3-7-17(9-6-16)10-11-18/h2,4-5,12H,3,6-11,13,16H2,1H3. The second-order valence-corrected chi connectivity index (χ2v) is 5.25. The molecule has 3 heteroatoms. The Morgan fingerprint density at radius 2 is 1.89 bits per heavy atom. The van der Waals surface area contributed by atoms with Gasteiger partial charge in [0.05, 0.1) is 0 Å². The predicted molar refractivity (Wildman–Crippen MR) is 76.6 cm³/mol. The number of hydrogen-bond donors (Lipinski definition) is 1. The molecule has 0 spiro atoms. The van der Waals surface area contributed by atoms with Crippen LogP contribution in [0.15, 0.2) is 24.3 Å². The Kier molecular flexibility index (Phi) is 5.17. The summed E-state index contributed by atoms with van der Waals surface area (Å²) in [6.45, 7) is 9.77. The van der Waals surface area contributed by atoms with Gasteiger partial charge in [-0.15, -0.1) is 0 Å². The lowest BCUT2D eigenvalue weighted by atomic mass is 10.1. The van der Waals surface area contributed by atoms with Crippen molar-refractivity contribution in [2.75, 3.05) is 39.3 Å². The van der Waals surface area contributed by atoms with E-state index in [9.17, 15) is 0 Å². The van der Waals surface area contributed by atoms with Crippen LogP contribution in [-0.2, 0) is 6.54 Å². The first-order valence-corrected chi connectivity index (χ1v) is 6.98. The molecule has 1 aromatic carbocycles. The summed E-state index contributed by atoms with van der Waals surface area (Å²) in [7, 11) is 0. The number of rotatable bonds is 4. The Labute approximate surface area is 111 Å². The normalized spacial score (nSPS) is 18.8. The van der Waals surface area contributed by atoms with Crippen molar-refractivity contribution in [1.29, 1.82) is 0 Å². The first-order chi connectivity index (χ1) is 8.78. The van der Waals surface area contributed by atoms with Gasteiger partial charge in [-0.05, 0) is 32.0 Å². The monoisotopic (exact) mass is 247 g/mol. The summed E-state index contributed by atoms with van der Waals surface area (Å²) in [4.78, 5) is 5.04. The molecule has 0 unspecified atom stereocenters. The Morgan fingerprint density at radius 1 is 1.11 bits per heavy atom. The summed E-state index contributed by atoms with van der Waals surface area (Å²) >= 11 is 0. The highest BCUT2D eigenvalue weighted by atomic mass is 15.2. The zero-order valence-electron chi connectivity index (χ0n) is 11.4. The van der Waals surface area contributed by atoms with E-state index >= 15 is 0 Å². The van der Waals surface area contributed by atoms with Crippen molar-refractivity contribution in [3.63, 3.8) is 0 Å². The molecule has 1 fully saturated rings. The molecule has 2 N–H and O–H groups in total. The van der Waals surface area contributed by atoms with E-state index in [2.05, 4.69) is 41.0 Å². The molecule has 1 aliphatic heterocycles. The molecule has 0 aliphatic carbocycles. The molecule has 0 saturated carbocycles. The van der Waals surface area contributed by atoms with Crippen LogP contribution in [0.4, 0.5) is 0 Å². The molecule has 0 aromatic heterocycles. The molecule has 1 heterocycles. The summed E-state index contributed by atoms with van der Waals surface area (Å²) in [5.74, 6) is 0. The smallest absolute Gasteiger partial charge is 0.0234 e. The maximum absolute atomic E-state index is 5.63. The average Bonchev–Trinajstić information content (AvgIpc) is 2.56. The fourth-order valence-electron chi connectivity index (χ4n) is 2.66. The van der Waals surface area contributed by atoms with Crippen LogP contribution in [0.25, 0.3) is 0 Å². The van der Waals surface area contributed by atoms with Crippen molar-refractivity contribution in [2.45, 2.75) is 19.9 Å². The first-order valence-electron chi connectivity index (χ1n) is 6.98. The van der Waals surface area contributed by atoms with Gasteiger partial charge in [0, 0.05) is 32.7 Å². The van der Waals surface area contributed by atoms with Crippen LogP contribution in [0.2, 0.25) is 0 Å². The molecule has 1 saturated heterocycles. The van der Waals surface area contributed by atoms with Crippen LogP contribution in [0.3, 0.4) is 0 Å². The third-order valence-corrected chi connectivity index (χ3v) is 3.62. The molecular formula is C15H25N3. The molecular weight excluding hydrogens is 222 g/mol. The first kappa shape index (κ1) is 13.5. The largest absolute Gasteiger partial charge is 0.329 e. The number of nitrogens with two attached hydrogens (primary N) is 1. The van der Waals surface area contributed by atoms with Crippen molar-refractivity contribution < 1.29 is 0 Å². The lowest BCUT2D eigenvalue weighted by Gasteiger charge is -2.21. The van der Waals surface area contributed by atoms with E-state index in [1.807, 2.05) is 0 Å². The van der Waals surface area contributed by atoms with E-state index in [1.165, 1.54) is 30.6 Å². The van der Waals surface area contributed by atoms with Crippen molar-refractivity contribution in [1.82, 2.24) is 9.80 Å². The van der Waals surface area contributed by atoms with E-state index in [0.717, 1.165) is 32.7 Å². The second-order valence-electron chi connectivity index (χ2n) is 5.25. The second kappa shape index (κ2) is 6.88. The van der Waals surface area contributed by atoms with Gasteiger partial charge < -0.3 is 10.6 Å². The van der Waals surface area contributed by atoms with Gasteiger partial charge in [0.25, 0.3) is 0 Å². The number of aryl methyl sites for hydroxylation is 1. The highest BCUT2D eigenvalue weighted by Crippen LogP contribution is 2.10. The van der Waals surface area contributed by atoms with Gasteiger partial charge in [0.1, 0.15) is 0 Å². The van der Waals surface area contributed by atoms with Gasteiger partial charge in [0.2, 0.25) is 0 Å². The summed E-state index contributed by atoms with van der Waals surface area (Å²) in [6, 6.07) is 8.84. The van der Waals surface area contributed by atoms with Gasteiger partial charge in [-0.3, -0.25) is 4.90 Å². The Balaban J connectivity index is 1.87. The van der Waals surface area contributed by atoms with Gasteiger partial charge in [0.15, 0.2) is 0 Å². The van der Waals surface area contributed by atoms with Crippen LogP contribution < -0.4 is 5.73 Å². The van der Waals surface area contributed by atoms with Crippen LogP contribution in [0.1, 0.15) is 17.5 Å². The Morgan fingerprint density at radius 3 is 2.67 bits per heavy atom. The zero-order chi connectivity index (χ0) is 12.8. The van der Waals surface area contributed by atoms with E-state index in [0.29, 0.717) is 0 Å². The minimum absolute atomic E-state index is 0.776. The molecule has 1 aromatic rings. The minimum Gasteiger partial charge on any atom is -0.329 e. The van der Waals surface area contributed by atoms with Crippen molar-refractivity contribution >= 4 is 0 Å². The Hall–Kier alpha value is -0.900. The molecule has 0 radical (unpaired) electrons. The summed E-state index contributed by atoms with van der Waals surface area (Å²) < 4.78 is 0. The highest BCUT2D eigenvalue weighted by Gasteiger charge is 2.14. The molecule has 1 aliphatic rings. The SMILES string of the molecule is Cc1cccc(CN2CCCN(CCN)CC2)c1. The minimum atomic E-state index is 0.776. The summed E-state index contributed by atoms with van der Waals surface area (Å²) in [6.07, 6.45) is 1.26. The fraction of sp³-hybridized carbons (Fsp3) is 0.600. The van der Waals surface area contributed by atoms with Crippen molar-refractivity contribution in [3.05, 3.63) is 35.4 Å². The van der Waals surface area contributed by atoms with Crippen LogP contribution in [-0.4, -0.2) is 49.1 Å². The molecule has 3 nitrogen and oxygen atoms in total. The molecule has 100 valence electrons. The van der Waals surface area contributed by atoms with Gasteiger partial charge in [-0.25, -0.2) is 0 Å². The zero-order valence-corrected chi connectivity index (χ0v) is 11.4. The number of hydrogen-bond acceptors (Lipinski definition) is 3. The van der Waals surface area contributed by atoms with Crippen LogP contribution >= 0.6 is 0 Å². The molecule has 18 heavy (non-hydrogen) atoms. The number of nitrogens with zero attached hydrogens (tertiary/aromatic N) is 2. The van der Waals surface area contributed by atoms with E-state index in [-0.39, 0.29) is 0 Å². The topological polar surface area (TPSA) is 32.5 Å². The van der Waals surface area contributed by atoms with Gasteiger partial charge in [-0.1, -0.05) is 29.8 Å². The number of benzene rings is 1. The predicted octanol–water partition coefficient (Wildman–Crippen LogP) is 1.46. The lowest BCUT2D eigenvalue weighted by molar-refractivity contribution is 0.255. The fourth-order valence-corrected chi connectivity index (χ4v) is 2.66. The Bertz CT molecular complexity index is 365. The maximum Gasteiger partial charge on any atom is 0.0234 e. The average molecular weight is 247 g/mol. The molecule has 0 atom stereocenters. The summed E-state index contributed by atoms with van der Waals surface area (Å²) in [5, 5.41) is 0. The third-order valence-electron chi connectivity index (χ3n) is 3.62. The van der Waals surface area contributed by atoms with E-state index < -0.39 is 0 Å². The quantitative estimate of drug-likeness (QED) is 0.874. The summed E-state index contributed by atoms with van der Waals surface area (Å²) in [5.41, 5.74) is 8.42. The van der Waals surface area contributed by atoms with Crippen molar-refractivity contribution in [2.24, 2.45) is 5.73 Å². The molecule has 0 bridgehead atoms. The van der Waals surface area contributed by atoms with Crippen molar-refractivity contribution in [3.8, 4) is 0 Å². The van der Waals surface area contributed by atoms with Gasteiger partial charge in [-0.2, -0.15) is 0 Å². The van der Waals surface area contributed by atoms with E-state index in [1.54, 1.807) is 0 Å². The molecule has 0 amide bonds. The van der Waals surface area contributed by atoms with E-state index in [4.69, 9.17) is 5.73 Å². The molecule has 2 rings (SSSR count).